The summed E-state index contributed by atoms with van der Waals surface area (Å²) < 4.78 is 59.2. The molecule has 0 saturated heterocycles. The average molecular weight is 524 g/mol. The lowest BCUT2D eigenvalue weighted by atomic mass is 10.0. The van der Waals surface area contributed by atoms with Gasteiger partial charge < -0.3 is 4.52 Å². The van der Waals surface area contributed by atoms with Crippen LogP contribution in [0.5, 0.6) is 0 Å². The van der Waals surface area contributed by atoms with Crippen LogP contribution in [0, 0.1) is 11.6 Å². The molecular formula is C19H13Cl3F4N6O. The van der Waals surface area contributed by atoms with Gasteiger partial charge in [-0.25, -0.2) is 13.8 Å². The number of pyridine rings is 1. The number of imidazole rings is 1. The third-order valence-corrected chi connectivity index (χ3v) is 4.50. The summed E-state index contributed by atoms with van der Waals surface area (Å²) in [5, 5.41) is 10.3. The molecule has 0 aliphatic rings. The quantitative estimate of drug-likeness (QED) is 0.296. The first-order valence-corrected chi connectivity index (χ1v) is 8.60. The third kappa shape index (κ3) is 4.65. The van der Waals surface area contributed by atoms with Crippen molar-refractivity contribution in [1.82, 2.24) is 29.7 Å². The van der Waals surface area contributed by atoms with Crippen LogP contribution < -0.4 is 0 Å². The first-order valence-electron chi connectivity index (χ1n) is 8.60. The summed E-state index contributed by atoms with van der Waals surface area (Å²) in [7, 11) is 0. The summed E-state index contributed by atoms with van der Waals surface area (Å²) >= 11 is 0. The molecule has 1 N–H and O–H groups in total. The Hall–Kier alpha value is -3.15. The highest BCUT2D eigenvalue weighted by atomic mass is 35.5. The van der Waals surface area contributed by atoms with Gasteiger partial charge in [0.15, 0.2) is 0 Å². The lowest BCUT2D eigenvalue weighted by Crippen LogP contribution is -1.93. The minimum absolute atomic E-state index is 0. The number of nitrogens with one attached hydrogen (secondary N) is 1. The Morgan fingerprint density at radius 1 is 1.00 bits per heavy atom. The van der Waals surface area contributed by atoms with Crippen LogP contribution in [-0.4, -0.2) is 29.7 Å². The molecule has 4 heterocycles. The molecule has 0 radical (unpaired) electrons. The summed E-state index contributed by atoms with van der Waals surface area (Å²) in [4.78, 5) is 7.89. The van der Waals surface area contributed by atoms with Crippen molar-refractivity contribution in [3.05, 3.63) is 66.4 Å². The maximum absolute atomic E-state index is 14.3. The Balaban J connectivity index is 0.00000128. The highest BCUT2D eigenvalue weighted by Gasteiger charge is 2.20. The standard InChI is InChI=1S/C19H10F4N6O.3ClH/c20-10-2-3-11(13(21)5-10)16-12(6-25-27-16)9-1-4-15-24-7-14(29(15)8-9)18-26-19(17(22)23)30-28-18;;;/h1-8,17H,(H,25,27);3*1H. The molecule has 0 spiro atoms. The van der Waals surface area contributed by atoms with Gasteiger partial charge in [-0.15, -0.1) is 37.2 Å². The maximum Gasteiger partial charge on any atom is 0.315 e. The second-order valence-electron chi connectivity index (χ2n) is 6.32. The molecule has 174 valence electrons. The molecule has 0 amide bonds. The van der Waals surface area contributed by atoms with Crippen molar-refractivity contribution >= 4 is 42.9 Å². The fourth-order valence-corrected chi connectivity index (χ4v) is 3.13. The topological polar surface area (TPSA) is 84.9 Å². The lowest BCUT2D eigenvalue weighted by Gasteiger charge is -2.06. The highest BCUT2D eigenvalue weighted by molar-refractivity contribution is 5.86. The number of aromatic amines is 1. The molecule has 14 heteroatoms. The first-order chi connectivity index (χ1) is 14.5. The zero-order valence-electron chi connectivity index (χ0n) is 16.1. The van der Waals surface area contributed by atoms with E-state index in [-0.39, 0.29) is 54.3 Å². The SMILES string of the molecule is Cl.Cl.Cl.Fc1ccc(-c2n[nH]cc2-c2ccc3ncc(-c4noc(C(F)F)n4)n3c2)c(F)c1. The second kappa shape index (κ2) is 10.2. The lowest BCUT2D eigenvalue weighted by molar-refractivity contribution is 0.106. The van der Waals surface area contributed by atoms with Crippen LogP contribution in [0.25, 0.3) is 39.5 Å². The van der Waals surface area contributed by atoms with E-state index in [0.29, 0.717) is 22.5 Å². The second-order valence-corrected chi connectivity index (χ2v) is 6.32. The van der Waals surface area contributed by atoms with Gasteiger partial charge in [-0.05, 0) is 24.3 Å². The van der Waals surface area contributed by atoms with Crippen LogP contribution in [0.1, 0.15) is 12.3 Å². The van der Waals surface area contributed by atoms with Gasteiger partial charge in [0, 0.05) is 35.2 Å². The molecule has 0 unspecified atom stereocenters. The molecule has 0 fully saturated rings. The number of fused-ring (bicyclic) bond motifs is 1. The number of nitrogens with zero attached hydrogens (tertiary/aromatic N) is 5. The van der Waals surface area contributed by atoms with Crippen molar-refractivity contribution in [3.63, 3.8) is 0 Å². The van der Waals surface area contributed by atoms with Crippen molar-refractivity contribution in [3.8, 4) is 33.9 Å². The van der Waals surface area contributed by atoms with Crippen LogP contribution in [0.2, 0.25) is 0 Å². The predicted octanol–water partition coefficient (Wildman–Crippen LogP) is 5.92. The molecule has 5 aromatic rings. The van der Waals surface area contributed by atoms with E-state index in [0.717, 1.165) is 12.1 Å². The van der Waals surface area contributed by atoms with Crippen molar-refractivity contribution in [2.45, 2.75) is 6.43 Å². The van der Waals surface area contributed by atoms with Gasteiger partial charge >= 0.3 is 6.43 Å². The minimum atomic E-state index is -2.89. The third-order valence-electron chi connectivity index (χ3n) is 4.50. The Labute approximate surface area is 201 Å². The summed E-state index contributed by atoms with van der Waals surface area (Å²) in [6.07, 6.45) is 1.76. The summed E-state index contributed by atoms with van der Waals surface area (Å²) in [6.45, 7) is 0. The van der Waals surface area contributed by atoms with E-state index in [9.17, 15) is 17.6 Å². The molecule has 33 heavy (non-hydrogen) atoms. The largest absolute Gasteiger partial charge is 0.333 e. The number of H-pyrrole nitrogens is 1. The Morgan fingerprint density at radius 3 is 2.48 bits per heavy atom. The summed E-state index contributed by atoms with van der Waals surface area (Å²) in [5.74, 6) is -2.29. The zero-order chi connectivity index (χ0) is 20.8. The molecule has 0 bridgehead atoms. The monoisotopic (exact) mass is 522 g/mol. The van der Waals surface area contributed by atoms with E-state index in [1.807, 2.05) is 0 Å². The van der Waals surface area contributed by atoms with Gasteiger partial charge in [-0.3, -0.25) is 9.50 Å². The van der Waals surface area contributed by atoms with Crippen LogP contribution >= 0.6 is 37.2 Å². The number of rotatable bonds is 4. The van der Waals surface area contributed by atoms with Gasteiger partial charge in [0.2, 0.25) is 5.82 Å². The van der Waals surface area contributed by atoms with Crippen LogP contribution in [-0.2, 0) is 0 Å². The van der Waals surface area contributed by atoms with Crippen LogP contribution in [0.3, 0.4) is 0 Å². The van der Waals surface area contributed by atoms with E-state index in [4.69, 9.17) is 0 Å². The minimum Gasteiger partial charge on any atom is -0.333 e. The van der Waals surface area contributed by atoms with E-state index in [1.165, 1.54) is 12.3 Å². The van der Waals surface area contributed by atoms with Gasteiger partial charge in [0.25, 0.3) is 5.89 Å². The Bertz CT molecular complexity index is 1390. The molecule has 0 atom stereocenters. The maximum atomic E-state index is 14.3. The molecule has 0 saturated carbocycles. The van der Waals surface area contributed by atoms with Gasteiger partial charge in [0.05, 0.1) is 6.20 Å². The molecular weight excluding hydrogens is 511 g/mol. The van der Waals surface area contributed by atoms with Crippen molar-refractivity contribution in [1.29, 1.82) is 0 Å². The van der Waals surface area contributed by atoms with Gasteiger partial charge in [0.1, 0.15) is 28.7 Å². The zero-order valence-corrected chi connectivity index (χ0v) is 18.5. The summed E-state index contributed by atoms with van der Waals surface area (Å²) in [5.41, 5.74) is 2.41. The van der Waals surface area contributed by atoms with E-state index in [2.05, 4.69) is 29.8 Å². The van der Waals surface area contributed by atoms with Crippen LogP contribution in [0.4, 0.5) is 17.6 Å². The highest BCUT2D eigenvalue weighted by Crippen LogP contribution is 2.33. The fraction of sp³-hybridized carbons (Fsp3) is 0.0526. The smallest absolute Gasteiger partial charge is 0.315 e. The normalized spacial score (nSPS) is 10.6. The van der Waals surface area contributed by atoms with Gasteiger partial charge in [-0.1, -0.05) is 5.16 Å². The molecule has 1 aromatic carbocycles. The average Bonchev–Trinajstić information content (AvgIpc) is 3.46. The van der Waals surface area contributed by atoms with Crippen molar-refractivity contribution in [2.75, 3.05) is 0 Å². The van der Waals surface area contributed by atoms with Gasteiger partial charge in [-0.2, -0.15) is 18.9 Å². The van der Waals surface area contributed by atoms with E-state index < -0.39 is 24.0 Å². The number of hydrogen-bond donors (Lipinski definition) is 1. The molecule has 5 rings (SSSR count). The predicted molar refractivity (Wildman–Crippen MR) is 118 cm³/mol. The summed E-state index contributed by atoms with van der Waals surface area (Å²) in [6, 6.07) is 6.65. The number of alkyl halides is 2. The Kier molecular flexibility index (Phi) is 8.06. The number of hydrogen-bond acceptors (Lipinski definition) is 5. The first kappa shape index (κ1) is 26.1. The van der Waals surface area contributed by atoms with Crippen molar-refractivity contribution < 1.29 is 22.1 Å². The fourth-order valence-electron chi connectivity index (χ4n) is 3.13. The molecule has 0 aliphatic heterocycles. The molecule has 0 aliphatic carbocycles. The van der Waals surface area contributed by atoms with Crippen LogP contribution in [0.15, 0.2) is 53.4 Å². The van der Waals surface area contributed by atoms with Crippen molar-refractivity contribution in [2.24, 2.45) is 0 Å². The molecule has 7 nitrogen and oxygen atoms in total. The number of aromatic nitrogens is 6. The van der Waals surface area contributed by atoms with E-state index >= 15 is 0 Å². The Morgan fingerprint density at radius 2 is 1.79 bits per heavy atom. The molecule has 4 aromatic heterocycles. The van der Waals surface area contributed by atoms with E-state index in [1.54, 1.807) is 28.9 Å². The number of benzene rings is 1. The number of halogens is 7.